The lowest BCUT2D eigenvalue weighted by molar-refractivity contribution is -0.254. The molecular weight excluding hydrogens is 141 g/mol. The molecule has 0 saturated carbocycles. The molecule has 0 aliphatic heterocycles. The van der Waals surface area contributed by atoms with Crippen LogP contribution in [0.4, 0.5) is 10.1 Å². The molecule has 0 aromatic heterocycles. The summed E-state index contributed by atoms with van der Waals surface area (Å²) in [5.74, 6) is -0.399. The Morgan fingerprint density at radius 1 is 1.44 bits per heavy atom. The standard InChI is InChI=1S/C6H5ClFN/c7-5-3-4(9)1-2-6(5)8/h1-3H,9H2/p+1. The molecule has 0 aliphatic rings. The minimum Gasteiger partial charge on any atom is -0.325 e. The van der Waals surface area contributed by atoms with Crippen LogP contribution in [0, 0.1) is 5.82 Å². The first-order chi connectivity index (χ1) is 4.20. The monoisotopic (exact) mass is 146 g/mol. The maximum Gasteiger partial charge on any atom is 0.142 e. The van der Waals surface area contributed by atoms with Gasteiger partial charge in [0.05, 0.1) is 5.02 Å². The van der Waals surface area contributed by atoms with Gasteiger partial charge in [0, 0.05) is 12.1 Å². The van der Waals surface area contributed by atoms with Crippen LogP contribution in [0.15, 0.2) is 18.2 Å². The van der Waals surface area contributed by atoms with Crippen molar-refractivity contribution in [2.75, 3.05) is 0 Å². The molecular formula is C6H6ClFN+. The maximum atomic E-state index is 12.3. The summed E-state index contributed by atoms with van der Waals surface area (Å²) in [5, 5.41) is 0.127. The van der Waals surface area contributed by atoms with Gasteiger partial charge in [-0.05, 0) is 6.07 Å². The van der Waals surface area contributed by atoms with Gasteiger partial charge in [0.1, 0.15) is 11.5 Å². The topological polar surface area (TPSA) is 27.6 Å². The van der Waals surface area contributed by atoms with E-state index < -0.39 is 5.82 Å². The molecule has 1 aromatic rings. The van der Waals surface area contributed by atoms with Crippen LogP contribution in [-0.4, -0.2) is 0 Å². The summed E-state index contributed by atoms with van der Waals surface area (Å²) in [7, 11) is 0. The number of halogens is 2. The smallest absolute Gasteiger partial charge is 0.142 e. The van der Waals surface area contributed by atoms with E-state index in [0.29, 0.717) is 0 Å². The van der Waals surface area contributed by atoms with Gasteiger partial charge in [0.2, 0.25) is 0 Å². The van der Waals surface area contributed by atoms with E-state index in [4.69, 9.17) is 11.6 Å². The van der Waals surface area contributed by atoms with Crippen molar-refractivity contribution >= 4 is 17.3 Å². The van der Waals surface area contributed by atoms with Gasteiger partial charge in [-0.15, -0.1) is 0 Å². The predicted octanol–water partition coefficient (Wildman–Crippen LogP) is 1.35. The summed E-state index contributed by atoms with van der Waals surface area (Å²) in [6.07, 6.45) is 0. The molecule has 1 nitrogen and oxygen atoms in total. The van der Waals surface area contributed by atoms with Gasteiger partial charge in [-0.25, -0.2) is 4.39 Å². The highest BCUT2D eigenvalue weighted by molar-refractivity contribution is 6.30. The molecule has 0 fully saturated rings. The van der Waals surface area contributed by atoms with E-state index in [2.05, 4.69) is 5.73 Å². The Morgan fingerprint density at radius 2 is 2.11 bits per heavy atom. The second-order valence-electron chi connectivity index (χ2n) is 1.75. The van der Waals surface area contributed by atoms with Crippen molar-refractivity contribution in [1.29, 1.82) is 0 Å². The lowest BCUT2D eigenvalue weighted by Gasteiger charge is -1.90. The number of quaternary nitrogens is 1. The molecule has 9 heavy (non-hydrogen) atoms. The summed E-state index contributed by atoms with van der Waals surface area (Å²) in [5.41, 5.74) is 4.29. The van der Waals surface area contributed by atoms with E-state index in [1.807, 2.05) is 0 Å². The zero-order chi connectivity index (χ0) is 6.85. The Bertz CT molecular complexity index is 224. The molecule has 0 spiro atoms. The fraction of sp³-hybridized carbons (Fsp3) is 0. The third kappa shape index (κ3) is 1.40. The highest BCUT2D eigenvalue weighted by Gasteiger charge is 1.98. The molecule has 0 atom stereocenters. The summed E-state index contributed by atoms with van der Waals surface area (Å²) < 4.78 is 12.3. The molecule has 0 unspecified atom stereocenters. The zero-order valence-corrected chi connectivity index (χ0v) is 5.45. The van der Waals surface area contributed by atoms with Gasteiger partial charge in [-0.2, -0.15) is 0 Å². The van der Waals surface area contributed by atoms with Crippen molar-refractivity contribution in [3.63, 3.8) is 0 Å². The predicted molar refractivity (Wildman–Crippen MR) is 34.0 cm³/mol. The minimum atomic E-state index is -0.399. The minimum absolute atomic E-state index is 0.127. The summed E-state index contributed by atoms with van der Waals surface area (Å²) in [6, 6.07) is 4.35. The van der Waals surface area contributed by atoms with Gasteiger partial charge < -0.3 is 5.73 Å². The molecule has 0 bridgehead atoms. The number of hydrogen-bond acceptors (Lipinski definition) is 0. The van der Waals surface area contributed by atoms with Crippen LogP contribution in [0.1, 0.15) is 0 Å². The Morgan fingerprint density at radius 3 is 2.56 bits per heavy atom. The van der Waals surface area contributed by atoms with Gasteiger partial charge in [-0.1, -0.05) is 11.6 Å². The molecule has 1 aromatic carbocycles. The molecule has 48 valence electrons. The molecule has 0 heterocycles. The van der Waals surface area contributed by atoms with Crippen LogP contribution in [0.2, 0.25) is 5.02 Å². The van der Waals surface area contributed by atoms with E-state index in [-0.39, 0.29) is 5.02 Å². The first-order valence-corrected chi connectivity index (χ1v) is 2.85. The first-order valence-electron chi connectivity index (χ1n) is 2.47. The lowest BCUT2D eigenvalue weighted by Crippen LogP contribution is -2.39. The van der Waals surface area contributed by atoms with Crippen LogP contribution in [0.3, 0.4) is 0 Å². The SMILES string of the molecule is [NH3+]c1ccc(F)c(Cl)c1. The number of benzene rings is 1. The normalized spacial score (nSPS) is 9.67. The third-order valence-electron chi connectivity index (χ3n) is 0.984. The van der Waals surface area contributed by atoms with E-state index in [1.54, 1.807) is 6.07 Å². The van der Waals surface area contributed by atoms with Crippen LogP contribution in [0.5, 0.6) is 0 Å². The molecule has 0 aliphatic carbocycles. The Hall–Kier alpha value is -0.600. The molecule has 3 N–H and O–H groups in total. The quantitative estimate of drug-likeness (QED) is 0.573. The first kappa shape index (κ1) is 6.52. The number of rotatable bonds is 0. The van der Waals surface area contributed by atoms with Gasteiger partial charge in [-0.3, -0.25) is 0 Å². The van der Waals surface area contributed by atoms with Crippen molar-refractivity contribution in [3.05, 3.63) is 29.0 Å². The van der Waals surface area contributed by atoms with Gasteiger partial charge in [0.15, 0.2) is 0 Å². The van der Waals surface area contributed by atoms with E-state index in [0.717, 1.165) is 5.69 Å². The van der Waals surface area contributed by atoms with Crippen LogP contribution in [-0.2, 0) is 0 Å². The Labute approximate surface area is 57.2 Å². The maximum absolute atomic E-state index is 12.3. The van der Waals surface area contributed by atoms with Crippen molar-refractivity contribution < 1.29 is 10.1 Å². The van der Waals surface area contributed by atoms with Gasteiger partial charge in [0.25, 0.3) is 0 Å². The molecule has 0 radical (unpaired) electrons. The summed E-state index contributed by atoms with van der Waals surface area (Å²) >= 11 is 5.40. The van der Waals surface area contributed by atoms with Crippen molar-refractivity contribution in [2.45, 2.75) is 0 Å². The molecule has 1 rings (SSSR count). The fourth-order valence-corrected chi connectivity index (χ4v) is 0.743. The summed E-state index contributed by atoms with van der Waals surface area (Å²) in [4.78, 5) is 0. The molecule has 3 heteroatoms. The molecule has 0 amide bonds. The van der Waals surface area contributed by atoms with E-state index in [9.17, 15) is 4.39 Å². The second kappa shape index (κ2) is 2.33. The largest absolute Gasteiger partial charge is 0.325 e. The van der Waals surface area contributed by atoms with Crippen LogP contribution in [0.25, 0.3) is 0 Å². The van der Waals surface area contributed by atoms with E-state index in [1.165, 1.54) is 12.1 Å². The van der Waals surface area contributed by atoms with E-state index >= 15 is 0 Å². The fourth-order valence-electron chi connectivity index (χ4n) is 0.540. The average Bonchev–Trinajstić information content (AvgIpc) is 1.80. The Balaban J connectivity index is 3.17. The Kier molecular flexibility index (Phi) is 1.69. The lowest BCUT2D eigenvalue weighted by atomic mass is 10.3. The van der Waals surface area contributed by atoms with Crippen molar-refractivity contribution in [1.82, 2.24) is 0 Å². The van der Waals surface area contributed by atoms with Crippen LogP contribution >= 0.6 is 11.6 Å². The number of hydrogen-bond donors (Lipinski definition) is 1. The average molecular weight is 147 g/mol. The highest BCUT2D eigenvalue weighted by atomic mass is 35.5. The van der Waals surface area contributed by atoms with Gasteiger partial charge >= 0.3 is 0 Å². The highest BCUT2D eigenvalue weighted by Crippen LogP contribution is 2.15. The summed E-state index contributed by atoms with van der Waals surface area (Å²) in [6.45, 7) is 0. The second-order valence-corrected chi connectivity index (χ2v) is 2.16. The molecule has 0 saturated heterocycles. The zero-order valence-electron chi connectivity index (χ0n) is 4.70. The third-order valence-corrected chi connectivity index (χ3v) is 1.27. The van der Waals surface area contributed by atoms with Crippen molar-refractivity contribution in [2.24, 2.45) is 0 Å². The van der Waals surface area contributed by atoms with Crippen molar-refractivity contribution in [3.8, 4) is 0 Å². The van der Waals surface area contributed by atoms with Crippen LogP contribution < -0.4 is 5.73 Å².